The molecule has 0 aliphatic rings. The number of nitrogens with one attached hydrogen (secondary N) is 1. The molecule has 22 heavy (non-hydrogen) atoms. The van der Waals surface area contributed by atoms with E-state index >= 15 is 0 Å². The van der Waals surface area contributed by atoms with E-state index in [0.29, 0.717) is 0 Å². The Balaban J connectivity index is 1.87. The Morgan fingerprint density at radius 2 is 2.09 bits per heavy atom. The van der Waals surface area contributed by atoms with Crippen LogP contribution in [0.1, 0.15) is 33.4 Å². The summed E-state index contributed by atoms with van der Waals surface area (Å²) < 4.78 is 10.7. The number of aryl methyl sites for hydroxylation is 1. The van der Waals surface area contributed by atoms with Crippen molar-refractivity contribution in [2.75, 3.05) is 6.54 Å². The van der Waals surface area contributed by atoms with Crippen LogP contribution in [0, 0.1) is 6.92 Å². The van der Waals surface area contributed by atoms with Crippen LogP contribution in [0.5, 0.6) is 5.75 Å². The van der Waals surface area contributed by atoms with E-state index in [9.17, 15) is 9.59 Å². The van der Waals surface area contributed by atoms with E-state index < -0.39 is 11.9 Å². The van der Waals surface area contributed by atoms with Crippen molar-refractivity contribution in [1.82, 2.24) is 5.32 Å². The number of benzene rings is 1. The lowest BCUT2D eigenvalue weighted by molar-refractivity contribution is 0.0696. The smallest absolute Gasteiger partial charge is 0.338 e. The normalized spacial score (nSPS) is 11.7. The molecule has 0 bridgehead atoms. The first kappa shape index (κ1) is 15.6. The van der Waals surface area contributed by atoms with Crippen LogP contribution in [0.25, 0.3) is 0 Å². The summed E-state index contributed by atoms with van der Waals surface area (Å²) in [6.07, 6.45) is 0.795. The maximum atomic E-state index is 11.9. The molecule has 116 valence electrons. The lowest BCUT2D eigenvalue weighted by atomic mass is 10.2. The highest BCUT2D eigenvalue weighted by atomic mass is 16.5. The maximum Gasteiger partial charge on any atom is 0.338 e. The third kappa shape index (κ3) is 3.88. The van der Waals surface area contributed by atoms with E-state index in [4.69, 9.17) is 14.3 Å². The minimum atomic E-state index is -1.14. The number of carbonyl (C=O) groups excluding carboxylic acids is 1. The second kappa shape index (κ2) is 6.80. The van der Waals surface area contributed by atoms with E-state index in [1.54, 1.807) is 0 Å². The summed E-state index contributed by atoms with van der Waals surface area (Å²) in [6, 6.07) is 8.79. The SMILES string of the molecule is Cc1ccccc1OC(C)CNC(=O)c1cc(C(=O)O)co1. The summed E-state index contributed by atoms with van der Waals surface area (Å²) in [5.74, 6) is -0.900. The molecule has 0 radical (unpaired) electrons. The Morgan fingerprint density at radius 3 is 2.73 bits per heavy atom. The van der Waals surface area contributed by atoms with Gasteiger partial charge in [-0.2, -0.15) is 0 Å². The lowest BCUT2D eigenvalue weighted by Crippen LogP contribution is -2.33. The number of aromatic carboxylic acids is 1. The standard InChI is InChI=1S/C16H17NO5/c1-10-5-3-4-6-13(10)22-11(2)8-17-15(18)14-7-12(9-21-14)16(19)20/h3-7,9,11H,8H2,1-2H3,(H,17,18)(H,19,20). The van der Waals surface area contributed by atoms with Crippen LogP contribution < -0.4 is 10.1 Å². The number of hydrogen-bond acceptors (Lipinski definition) is 4. The number of carbonyl (C=O) groups is 2. The molecule has 0 aliphatic heterocycles. The summed E-state index contributed by atoms with van der Waals surface area (Å²) >= 11 is 0. The van der Waals surface area contributed by atoms with Gasteiger partial charge in [0.05, 0.1) is 12.1 Å². The topological polar surface area (TPSA) is 88.8 Å². The summed E-state index contributed by atoms with van der Waals surface area (Å²) in [4.78, 5) is 22.6. The highest BCUT2D eigenvalue weighted by Gasteiger charge is 2.15. The molecular formula is C16H17NO5. The fourth-order valence-electron chi connectivity index (χ4n) is 1.84. The summed E-state index contributed by atoms with van der Waals surface area (Å²) in [5, 5.41) is 11.4. The summed E-state index contributed by atoms with van der Waals surface area (Å²) in [7, 11) is 0. The van der Waals surface area contributed by atoms with Gasteiger partial charge in [-0.1, -0.05) is 18.2 Å². The highest BCUT2D eigenvalue weighted by molar-refractivity contribution is 5.95. The molecule has 6 heteroatoms. The van der Waals surface area contributed by atoms with Gasteiger partial charge >= 0.3 is 5.97 Å². The van der Waals surface area contributed by atoms with Crippen LogP contribution in [0.3, 0.4) is 0 Å². The van der Waals surface area contributed by atoms with Gasteiger partial charge in [0.1, 0.15) is 18.1 Å². The molecule has 6 nitrogen and oxygen atoms in total. The second-order valence-corrected chi connectivity index (χ2v) is 4.91. The Kier molecular flexibility index (Phi) is 4.83. The fourth-order valence-corrected chi connectivity index (χ4v) is 1.84. The molecule has 2 aromatic rings. The van der Waals surface area contributed by atoms with Gasteiger partial charge in [0.25, 0.3) is 5.91 Å². The van der Waals surface area contributed by atoms with Crippen LogP contribution in [0.2, 0.25) is 0 Å². The summed E-state index contributed by atoms with van der Waals surface area (Å²) in [6.45, 7) is 4.05. The number of furan rings is 1. The predicted octanol–water partition coefficient (Wildman–Crippen LogP) is 2.48. The van der Waals surface area contributed by atoms with Crippen molar-refractivity contribution < 1.29 is 23.8 Å². The van der Waals surface area contributed by atoms with Crippen molar-refractivity contribution >= 4 is 11.9 Å². The zero-order chi connectivity index (χ0) is 16.1. The van der Waals surface area contributed by atoms with Crippen LogP contribution in [-0.2, 0) is 0 Å². The van der Waals surface area contributed by atoms with E-state index in [2.05, 4.69) is 5.32 Å². The molecule has 0 saturated heterocycles. The van der Waals surface area contributed by atoms with Crippen LogP contribution in [0.15, 0.2) is 41.0 Å². The predicted molar refractivity (Wildman–Crippen MR) is 79.3 cm³/mol. The Labute approximate surface area is 127 Å². The molecule has 2 rings (SSSR count). The van der Waals surface area contributed by atoms with E-state index in [1.807, 2.05) is 38.1 Å². The number of carboxylic acid groups (broad SMARTS) is 1. The molecule has 1 heterocycles. The minimum absolute atomic E-state index is 0.0412. The second-order valence-electron chi connectivity index (χ2n) is 4.91. The third-order valence-corrected chi connectivity index (χ3v) is 3.04. The zero-order valence-corrected chi connectivity index (χ0v) is 12.3. The van der Waals surface area contributed by atoms with Gasteiger partial charge in [0.15, 0.2) is 5.76 Å². The van der Waals surface area contributed by atoms with E-state index in [0.717, 1.165) is 17.6 Å². The molecule has 1 amide bonds. The average molecular weight is 303 g/mol. The minimum Gasteiger partial charge on any atom is -0.489 e. The van der Waals surface area contributed by atoms with Gasteiger partial charge in [0.2, 0.25) is 0 Å². The van der Waals surface area contributed by atoms with Crippen LogP contribution in [0.4, 0.5) is 0 Å². The number of rotatable bonds is 6. The first-order valence-corrected chi connectivity index (χ1v) is 6.79. The molecule has 0 saturated carbocycles. The van der Waals surface area contributed by atoms with Crippen molar-refractivity contribution in [3.8, 4) is 5.75 Å². The summed E-state index contributed by atoms with van der Waals surface area (Å²) in [5.41, 5.74) is 0.951. The lowest BCUT2D eigenvalue weighted by Gasteiger charge is -2.16. The Bertz CT molecular complexity index is 677. The van der Waals surface area contributed by atoms with Gasteiger partial charge < -0.3 is 19.6 Å². The molecule has 0 fully saturated rings. The Morgan fingerprint density at radius 1 is 1.36 bits per heavy atom. The number of ether oxygens (including phenoxy) is 1. The van der Waals surface area contributed by atoms with Crippen molar-refractivity contribution in [3.05, 3.63) is 53.5 Å². The average Bonchev–Trinajstić information content (AvgIpc) is 2.97. The van der Waals surface area contributed by atoms with Crippen molar-refractivity contribution in [2.24, 2.45) is 0 Å². The molecule has 0 spiro atoms. The van der Waals surface area contributed by atoms with Crippen LogP contribution in [-0.4, -0.2) is 29.6 Å². The molecule has 2 N–H and O–H groups in total. The monoisotopic (exact) mass is 303 g/mol. The number of carboxylic acids is 1. The molecule has 1 aromatic heterocycles. The van der Waals surface area contributed by atoms with Gasteiger partial charge in [-0.3, -0.25) is 4.79 Å². The van der Waals surface area contributed by atoms with E-state index in [1.165, 1.54) is 6.07 Å². The largest absolute Gasteiger partial charge is 0.489 e. The number of para-hydroxylation sites is 1. The molecule has 1 unspecified atom stereocenters. The first-order valence-electron chi connectivity index (χ1n) is 6.79. The fraction of sp³-hybridized carbons (Fsp3) is 0.250. The van der Waals surface area contributed by atoms with Gasteiger partial charge in [-0.15, -0.1) is 0 Å². The number of amides is 1. The quantitative estimate of drug-likeness (QED) is 0.856. The molecular weight excluding hydrogens is 286 g/mol. The molecule has 0 aliphatic carbocycles. The van der Waals surface area contributed by atoms with Crippen molar-refractivity contribution in [3.63, 3.8) is 0 Å². The maximum absolute atomic E-state index is 11.9. The van der Waals surface area contributed by atoms with Gasteiger partial charge in [-0.05, 0) is 25.5 Å². The third-order valence-electron chi connectivity index (χ3n) is 3.04. The molecule has 1 aromatic carbocycles. The highest BCUT2D eigenvalue weighted by Crippen LogP contribution is 2.17. The van der Waals surface area contributed by atoms with Crippen molar-refractivity contribution in [2.45, 2.75) is 20.0 Å². The number of hydrogen-bond donors (Lipinski definition) is 2. The van der Waals surface area contributed by atoms with Crippen LogP contribution >= 0.6 is 0 Å². The van der Waals surface area contributed by atoms with Crippen molar-refractivity contribution in [1.29, 1.82) is 0 Å². The Hall–Kier alpha value is -2.76. The van der Waals surface area contributed by atoms with E-state index in [-0.39, 0.29) is 24.0 Å². The molecule has 1 atom stereocenters. The zero-order valence-electron chi connectivity index (χ0n) is 12.3. The van der Waals surface area contributed by atoms with Gasteiger partial charge in [0, 0.05) is 6.07 Å². The van der Waals surface area contributed by atoms with Gasteiger partial charge in [-0.25, -0.2) is 4.79 Å². The first-order chi connectivity index (χ1) is 10.5.